The Bertz CT molecular complexity index is 766. The van der Waals surface area contributed by atoms with Gasteiger partial charge >= 0.3 is 0 Å². The first kappa shape index (κ1) is 17.6. The Morgan fingerprint density at radius 2 is 2.04 bits per heavy atom. The third-order valence-corrected chi connectivity index (χ3v) is 5.24. The zero-order valence-corrected chi connectivity index (χ0v) is 15.1. The quantitative estimate of drug-likeness (QED) is 0.749. The van der Waals surface area contributed by atoms with Crippen LogP contribution in [-0.2, 0) is 14.4 Å². The van der Waals surface area contributed by atoms with Gasteiger partial charge in [0.2, 0.25) is 24.5 Å². The van der Waals surface area contributed by atoms with E-state index in [9.17, 15) is 14.4 Å². The number of nitrogens with zero attached hydrogens (tertiary/aromatic N) is 2. The van der Waals surface area contributed by atoms with Crippen molar-refractivity contribution in [2.24, 2.45) is 5.92 Å². The zero-order chi connectivity index (χ0) is 18.8. The summed E-state index contributed by atoms with van der Waals surface area (Å²) in [5.41, 5.74) is 0.715. The number of benzene rings is 1. The van der Waals surface area contributed by atoms with Gasteiger partial charge in [0.15, 0.2) is 11.5 Å². The van der Waals surface area contributed by atoms with Crippen molar-refractivity contribution in [3.05, 3.63) is 18.2 Å². The van der Waals surface area contributed by atoms with Crippen molar-refractivity contribution in [2.75, 3.05) is 37.9 Å². The van der Waals surface area contributed by atoms with Gasteiger partial charge in [0.25, 0.3) is 0 Å². The maximum absolute atomic E-state index is 12.4. The topological polar surface area (TPSA) is 88.2 Å². The largest absolute Gasteiger partial charge is 0.454 e. The molecule has 3 aliphatic rings. The van der Waals surface area contributed by atoms with Gasteiger partial charge in [-0.15, -0.1) is 0 Å². The molecule has 1 unspecified atom stereocenters. The fourth-order valence-electron chi connectivity index (χ4n) is 3.75. The number of carbonyl (C=O) groups is 3. The molecule has 144 valence electrons. The SMILES string of the molecule is O=C(NCCCN1CCCC1=O)C1CC(=O)N(c2ccc3c(c2)OCO3)C1. The summed E-state index contributed by atoms with van der Waals surface area (Å²) in [6.45, 7) is 2.54. The van der Waals surface area contributed by atoms with E-state index in [-0.39, 0.29) is 36.9 Å². The molecule has 0 spiro atoms. The molecule has 1 aromatic carbocycles. The van der Waals surface area contributed by atoms with Crippen molar-refractivity contribution < 1.29 is 23.9 Å². The molecule has 0 aliphatic carbocycles. The van der Waals surface area contributed by atoms with Crippen molar-refractivity contribution in [1.29, 1.82) is 0 Å². The average Bonchev–Trinajstić information content (AvgIpc) is 3.38. The van der Waals surface area contributed by atoms with E-state index >= 15 is 0 Å². The van der Waals surface area contributed by atoms with Gasteiger partial charge in [-0.05, 0) is 25.0 Å². The average molecular weight is 373 g/mol. The highest BCUT2D eigenvalue weighted by atomic mass is 16.7. The first-order chi connectivity index (χ1) is 13.1. The van der Waals surface area contributed by atoms with Crippen molar-refractivity contribution in [3.8, 4) is 11.5 Å². The molecule has 0 aromatic heterocycles. The Morgan fingerprint density at radius 3 is 2.85 bits per heavy atom. The summed E-state index contributed by atoms with van der Waals surface area (Å²) in [5, 5.41) is 2.90. The van der Waals surface area contributed by atoms with Gasteiger partial charge in [-0.3, -0.25) is 14.4 Å². The maximum atomic E-state index is 12.4. The van der Waals surface area contributed by atoms with Crippen LogP contribution < -0.4 is 19.7 Å². The summed E-state index contributed by atoms with van der Waals surface area (Å²) in [4.78, 5) is 39.8. The molecular formula is C19H23N3O5. The number of fused-ring (bicyclic) bond motifs is 1. The molecule has 3 heterocycles. The van der Waals surface area contributed by atoms with E-state index in [4.69, 9.17) is 9.47 Å². The number of anilines is 1. The van der Waals surface area contributed by atoms with Gasteiger partial charge in [-0.25, -0.2) is 0 Å². The predicted octanol–water partition coefficient (Wildman–Crippen LogP) is 0.897. The molecule has 1 aromatic rings. The molecule has 0 saturated carbocycles. The van der Waals surface area contributed by atoms with E-state index in [2.05, 4.69) is 5.32 Å². The second-order valence-electron chi connectivity index (χ2n) is 7.07. The molecule has 3 amide bonds. The molecule has 0 bridgehead atoms. The minimum absolute atomic E-state index is 0.0725. The van der Waals surface area contributed by atoms with Gasteiger partial charge in [-0.1, -0.05) is 0 Å². The van der Waals surface area contributed by atoms with Gasteiger partial charge in [-0.2, -0.15) is 0 Å². The van der Waals surface area contributed by atoms with Crippen LogP contribution in [0.2, 0.25) is 0 Å². The lowest BCUT2D eigenvalue weighted by atomic mass is 10.1. The Kier molecular flexibility index (Phi) is 4.87. The zero-order valence-electron chi connectivity index (χ0n) is 15.1. The molecule has 1 atom stereocenters. The van der Waals surface area contributed by atoms with Crippen LogP contribution in [0, 0.1) is 5.92 Å². The van der Waals surface area contributed by atoms with Crippen LogP contribution in [0.15, 0.2) is 18.2 Å². The Balaban J connectivity index is 1.27. The maximum Gasteiger partial charge on any atom is 0.231 e. The van der Waals surface area contributed by atoms with Crippen LogP contribution in [0.5, 0.6) is 11.5 Å². The van der Waals surface area contributed by atoms with Crippen LogP contribution in [0.3, 0.4) is 0 Å². The van der Waals surface area contributed by atoms with Gasteiger partial charge in [0.05, 0.1) is 5.92 Å². The third kappa shape index (κ3) is 3.70. The van der Waals surface area contributed by atoms with Crippen LogP contribution in [0.4, 0.5) is 5.69 Å². The molecule has 2 saturated heterocycles. The molecule has 8 nitrogen and oxygen atoms in total. The summed E-state index contributed by atoms with van der Waals surface area (Å²) in [6, 6.07) is 5.35. The van der Waals surface area contributed by atoms with Crippen molar-refractivity contribution in [2.45, 2.75) is 25.7 Å². The van der Waals surface area contributed by atoms with Gasteiger partial charge < -0.3 is 24.6 Å². The summed E-state index contributed by atoms with van der Waals surface area (Å²) < 4.78 is 10.6. The van der Waals surface area contributed by atoms with Crippen LogP contribution >= 0.6 is 0 Å². The van der Waals surface area contributed by atoms with Gasteiger partial charge in [0, 0.05) is 50.8 Å². The second kappa shape index (κ2) is 7.46. The highest BCUT2D eigenvalue weighted by molar-refractivity contribution is 6.00. The summed E-state index contributed by atoms with van der Waals surface area (Å²) in [5.74, 6) is 0.926. The monoisotopic (exact) mass is 373 g/mol. The van der Waals surface area contributed by atoms with Crippen molar-refractivity contribution in [3.63, 3.8) is 0 Å². The van der Waals surface area contributed by atoms with E-state index in [0.29, 0.717) is 43.2 Å². The molecule has 27 heavy (non-hydrogen) atoms. The predicted molar refractivity (Wildman–Crippen MR) is 96.5 cm³/mol. The van der Waals surface area contributed by atoms with E-state index < -0.39 is 0 Å². The molecule has 8 heteroatoms. The lowest BCUT2D eigenvalue weighted by molar-refractivity contribution is -0.127. The van der Waals surface area contributed by atoms with E-state index in [0.717, 1.165) is 19.4 Å². The number of ether oxygens (including phenoxy) is 2. The third-order valence-electron chi connectivity index (χ3n) is 5.24. The highest BCUT2D eigenvalue weighted by Gasteiger charge is 2.35. The number of amides is 3. The Hall–Kier alpha value is -2.77. The number of hydrogen-bond donors (Lipinski definition) is 1. The number of rotatable bonds is 6. The standard InChI is InChI=1S/C19H23N3O5/c23-17-3-1-7-21(17)8-2-6-20-19(25)13-9-18(24)22(11-13)14-4-5-15-16(10-14)27-12-26-15/h4-5,10,13H,1-3,6-9,11-12H2,(H,20,25). The molecule has 2 fully saturated rings. The molecule has 0 radical (unpaired) electrons. The normalized spacial score (nSPS) is 21.3. The summed E-state index contributed by atoms with van der Waals surface area (Å²) >= 11 is 0. The number of likely N-dealkylation sites (tertiary alicyclic amines) is 1. The first-order valence-corrected chi connectivity index (χ1v) is 9.37. The molecular weight excluding hydrogens is 350 g/mol. The number of nitrogens with one attached hydrogen (secondary N) is 1. The molecule has 1 N–H and O–H groups in total. The number of carbonyl (C=O) groups excluding carboxylic acids is 3. The fraction of sp³-hybridized carbons (Fsp3) is 0.526. The first-order valence-electron chi connectivity index (χ1n) is 9.37. The lowest BCUT2D eigenvalue weighted by Gasteiger charge is -2.18. The Morgan fingerprint density at radius 1 is 1.19 bits per heavy atom. The fourth-order valence-corrected chi connectivity index (χ4v) is 3.75. The smallest absolute Gasteiger partial charge is 0.231 e. The summed E-state index contributed by atoms with van der Waals surface area (Å²) in [6.07, 6.45) is 2.48. The second-order valence-corrected chi connectivity index (χ2v) is 7.07. The molecule has 3 aliphatic heterocycles. The highest BCUT2D eigenvalue weighted by Crippen LogP contribution is 2.37. The Labute approximate surface area is 157 Å². The van der Waals surface area contributed by atoms with E-state index in [1.54, 1.807) is 23.1 Å². The van der Waals surface area contributed by atoms with Crippen LogP contribution in [0.1, 0.15) is 25.7 Å². The summed E-state index contributed by atoms with van der Waals surface area (Å²) in [7, 11) is 0. The minimum Gasteiger partial charge on any atom is -0.454 e. The van der Waals surface area contributed by atoms with Crippen molar-refractivity contribution in [1.82, 2.24) is 10.2 Å². The lowest BCUT2D eigenvalue weighted by Crippen LogP contribution is -2.35. The van der Waals surface area contributed by atoms with E-state index in [1.165, 1.54) is 0 Å². The van der Waals surface area contributed by atoms with Crippen LogP contribution in [-0.4, -0.2) is 55.6 Å². The minimum atomic E-state index is -0.364. The van der Waals surface area contributed by atoms with E-state index in [1.807, 2.05) is 4.90 Å². The van der Waals surface area contributed by atoms with Crippen LogP contribution in [0.25, 0.3) is 0 Å². The molecule has 4 rings (SSSR count). The van der Waals surface area contributed by atoms with Gasteiger partial charge in [0.1, 0.15) is 0 Å². The number of hydrogen-bond acceptors (Lipinski definition) is 5. The van der Waals surface area contributed by atoms with Crippen molar-refractivity contribution >= 4 is 23.4 Å².